The van der Waals surface area contributed by atoms with Gasteiger partial charge in [-0.25, -0.2) is 13.6 Å². The van der Waals surface area contributed by atoms with Gasteiger partial charge in [-0.1, -0.05) is 30.3 Å². The maximum absolute atomic E-state index is 13.6. The van der Waals surface area contributed by atoms with Gasteiger partial charge in [-0.15, -0.1) is 0 Å². The number of hydrogen-bond donors (Lipinski definition) is 3. The first-order chi connectivity index (χ1) is 12.5. The molecule has 0 bridgehead atoms. The highest BCUT2D eigenvalue weighted by molar-refractivity contribution is 5.94. The molecule has 2 amide bonds. The van der Waals surface area contributed by atoms with Crippen LogP contribution in [0.5, 0.6) is 0 Å². The number of amides is 2. The largest absolute Gasteiger partial charge is 0.339 e. The van der Waals surface area contributed by atoms with Crippen molar-refractivity contribution in [3.63, 3.8) is 0 Å². The minimum atomic E-state index is -0.687. The maximum atomic E-state index is 13.6. The molecule has 2 aromatic carbocycles. The smallest absolute Gasteiger partial charge is 0.294 e. The third-order valence-electron chi connectivity index (χ3n) is 3.76. The summed E-state index contributed by atoms with van der Waals surface area (Å²) in [5.74, 6) is -0.828. The normalized spacial score (nSPS) is 10.5. The van der Waals surface area contributed by atoms with Crippen molar-refractivity contribution in [3.05, 3.63) is 65.9 Å². The molecule has 1 heterocycles. The third kappa shape index (κ3) is 3.64. The molecule has 0 aliphatic heterocycles. The van der Waals surface area contributed by atoms with E-state index in [2.05, 4.69) is 21.3 Å². The fourth-order valence-electron chi connectivity index (χ4n) is 2.61. The Hall–Kier alpha value is -3.42. The fraction of sp³-hybridized carbons (Fsp3) is 0.111. The number of carbonyl (C=O) groups excluding carboxylic acids is 1. The standard InChI is InChI=1S/C18H17F2N5O/c1-11-16(12-6-4-3-5-7-12)17(25(2)24-11)21-18(26)23-22-15-10-13(19)8-9-14(15)20/h3-10,22H,1-2H3,(H2,21,23,26). The number of aryl methyl sites for hydroxylation is 2. The number of nitrogens with zero attached hydrogens (tertiary/aromatic N) is 2. The van der Waals surface area contributed by atoms with E-state index in [9.17, 15) is 13.6 Å². The average molecular weight is 357 g/mol. The Balaban J connectivity index is 1.77. The number of benzene rings is 2. The summed E-state index contributed by atoms with van der Waals surface area (Å²) in [7, 11) is 1.70. The van der Waals surface area contributed by atoms with E-state index in [0.717, 1.165) is 35.0 Å². The molecule has 26 heavy (non-hydrogen) atoms. The van der Waals surface area contributed by atoms with E-state index < -0.39 is 17.7 Å². The minimum Gasteiger partial charge on any atom is -0.294 e. The van der Waals surface area contributed by atoms with Crippen LogP contribution in [0.4, 0.5) is 25.1 Å². The summed E-state index contributed by atoms with van der Waals surface area (Å²) in [5, 5.41) is 7.00. The van der Waals surface area contributed by atoms with Gasteiger partial charge >= 0.3 is 6.03 Å². The van der Waals surface area contributed by atoms with Crippen molar-refractivity contribution in [1.82, 2.24) is 15.2 Å². The van der Waals surface area contributed by atoms with Crippen molar-refractivity contribution in [2.45, 2.75) is 6.92 Å². The molecule has 3 aromatic rings. The maximum Gasteiger partial charge on any atom is 0.339 e. The van der Waals surface area contributed by atoms with Gasteiger partial charge in [0.25, 0.3) is 0 Å². The molecule has 0 aliphatic rings. The summed E-state index contributed by atoms with van der Waals surface area (Å²) < 4.78 is 28.3. The molecule has 0 fully saturated rings. The molecule has 6 nitrogen and oxygen atoms in total. The van der Waals surface area contributed by atoms with E-state index in [4.69, 9.17) is 0 Å². The van der Waals surface area contributed by atoms with Gasteiger partial charge in [0, 0.05) is 18.7 Å². The van der Waals surface area contributed by atoms with Crippen molar-refractivity contribution in [2.75, 3.05) is 10.7 Å². The third-order valence-corrected chi connectivity index (χ3v) is 3.76. The summed E-state index contributed by atoms with van der Waals surface area (Å²) in [6.45, 7) is 1.84. The summed E-state index contributed by atoms with van der Waals surface area (Å²) in [6, 6.07) is 11.8. The van der Waals surface area contributed by atoms with E-state index in [0.29, 0.717) is 5.82 Å². The lowest BCUT2D eigenvalue weighted by atomic mass is 10.1. The molecule has 0 aliphatic carbocycles. The van der Waals surface area contributed by atoms with Crippen molar-refractivity contribution in [3.8, 4) is 11.1 Å². The Morgan fingerprint density at radius 3 is 2.58 bits per heavy atom. The van der Waals surface area contributed by atoms with E-state index in [-0.39, 0.29) is 5.69 Å². The second-order valence-electron chi connectivity index (χ2n) is 5.63. The Morgan fingerprint density at radius 2 is 1.85 bits per heavy atom. The molecular formula is C18H17F2N5O. The number of halogens is 2. The summed E-state index contributed by atoms with van der Waals surface area (Å²) in [6.07, 6.45) is 0. The highest BCUT2D eigenvalue weighted by Gasteiger charge is 2.17. The number of rotatable bonds is 4. The van der Waals surface area contributed by atoms with Crippen LogP contribution in [0.3, 0.4) is 0 Å². The number of hydrogen-bond acceptors (Lipinski definition) is 3. The number of hydrazine groups is 1. The number of urea groups is 1. The van der Waals surface area contributed by atoms with Crippen LogP contribution in [-0.4, -0.2) is 15.8 Å². The van der Waals surface area contributed by atoms with E-state index in [1.165, 1.54) is 0 Å². The van der Waals surface area contributed by atoms with E-state index in [1.54, 1.807) is 11.7 Å². The second-order valence-corrected chi connectivity index (χ2v) is 5.63. The molecule has 8 heteroatoms. The predicted octanol–water partition coefficient (Wildman–Crippen LogP) is 3.82. The van der Waals surface area contributed by atoms with Gasteiger partial charge in [-0.3, -0.25) is 20.9 Å². The van der Waals surface area contributed by atoms with Crippen LogP contribution in [0.2, 0.25) is 0 Å². The lowest BCUT2D eigenvalue weighted by Crippen LogP contribution is -2.34. The molecule has 0 unspecified atom stereocenters. The van der Waals surface area contributed by atoms with Crippen LogP contribution in [0.25, 0.3) is 11.1 Å². The molecule has 3 rings (SSSR count). The van der Waals surface area contributed by atoms with Crippen molar-refractivity contribution < 1.29 is 13.6 Å². The van der Waals surface area contributed by atoms with Gasteiger partial charge < -0.3 is 0 Å². The molecule has 0 spiro atoms. The molecule has 0 atom stereocenters. The Labute approximate surface area is 148 Å². The lowest BCUT2D eigenvalue weighted by molar-refractivity contribution is 0.253. The fourth-order valence-corrected chi connectivity index (χ4v) is 2.61. The first kappa shape index (κ1) is 17.4. The van der Waals surface area contributed by atoms with E-state index >= 15 is 0 Å². The highest BCUT2D eigenvalue weighted by Crippen LogP contribution is 2.30. The molecule has 0 saturated carbocycles. The monoisotopic (exact) mass is 357 g/mol. The lowest BCUT2D eigenvalue weighted by Gasteiger charge is -2.12. The van der Waals surface area contributed by atoms with Crippen LogP contribution >= 0.6 is 0 Å². The summed E-state index contributed by atoms with van der Waals surface area (Å²) >= 11 is 0. The zero-order chi connectivity index (χ0) is 18.7. The van der Waals surface area contributed by atoms with Crippen LogP contribution in [-0.2, 0) is 7.05 Å². The Morgan fingerprint density at radius 1 is 1.12 bits per heavy atom. The molecule has 3 N–H and O–H groups in total. The van der Waals surface area contributed by atoms with Crippen LogP contribution < -0.4 is 16.2 Å². The van der Waals surface area contributed by atoms with Gasteiger partial charge in [0.05, 0.1) is 11.4 Å². The zero-order valence-corrected chi connectivity index (χ0v) is 14.2. The van der Waals surface area contributed by atoms with Gasteiger partial charge in [0.1, 0.15) is 17.5 Å². The highest BCUT2D eigenvalue weighted by atomic mass is 19.1. The van der Waals surface area contributed by atoms with Crippen LogP contribution in [0.15, 0.2) is 48.5 Å². The Kier molecular flexibility index (Phi) is 4.83. The SMILES string of the molecule is Cc1nn(C)c(NC(=O)NNc2cc(F)ccc2F)c1-c1ccccc1. The molecule has 0 saturated heterocycles. The first-order valence-corrected chi connectivity index (χ1v) is 7.83. The summed E-state index contributed by atoms with van der Waals surface area (Å²) in [5.41, 5.74) is 6.89. The molecule has 134 valence electrons. The molecule has 1 aromatic heterocycles. The van der Waals surface area contributed by atoms with Crippen LogP contribution in [0, 0.1) is 18.6 Å². The van der Waals surface area contributed by atoms with Crippen LogP contribution in [0.1, 0.15) is 5.69 Å². The quantitative estimate of drug-likeness (QED) is 0.622. The number of aromatic nitrogens is 2. The van der Waals surface area contributed by atoms with Gasteiger partial charge in [-0.05, 0) is 24.6 Å². The molecule has 0 radical (unpaired) electrons. The number of nitrogens with one attached hydrogen (secondary N) is 3. The van der Waals surface area contributed by atoms with Gasteiger partial charge in [-0.2, -0.15) is 5.10 Å². The summed E-state index contributed by atoms with van der Waals surface area (Å²) in [4.78, 5) is 12.2. The van der Waals surface area contributed by atoms with Crippen molar-refractivity contribution in [1.29, 1.82) is 0 Å². The van der Waals surface area contributed by atoms with Crippen molar-refractivity contribution in [2.24, 2.45) is 7.05 Å². The van der Waals surface area contributed by atoms with Gasteiger partial charge in [0.2, 0.25) is 0 Å². The van der Waals surface area contributed by atoms with Crippen molar-refractivity contribution >= 4 is 17.5 Å². The average Bonchev–Trinajstić information content (AvgIpc) is 2.90. The first-order valence-electron chi connectivity index (χ1n) is 7.83. The second kappa shape index (κ2) is 7.22. The minimum absolute atomic E-state index is 0.176. The van der Waals surface area contributed by atoms with Gasteiger partial charge in [0.15, 0.2) is 0 Å². The Bertz CT molecular complexity index is 940. The topological polar surface area (TPSA) is 71.0 Å². The predicted molar refractivity (Wildman–Crippen MR) is 95.5 cm³/mol. The van der Waals surface area contributed by atoms with E-state index in [1.807, 2.05) is 37.3 Å². The number of anilines is 2. The molecular weight excluding hydrogens is 340 g/mol. The number of carbonyl (C=O) groups is 1. The zero-order valence-electron chi connectivity index (χ0n) is 14.2.